The molecule has 104 valence electrons. The predicted octanol–water partition coefficient (Wildman–Crippen LogP) is 1.79. The van der Waals surface area contributed by atoms with Crippen LogP contribution < -0.4 is 5.73 Å². The van der Waals surface area contributed by atoms with Gasteiger partial charge in [-0.15, -0.1) is 12.4 Å². The normalized spacial score (nSPS) is 17.6. The van der Waals surface area contributed by atoms with E-state index in [0.29, 0.717) is 0 Å². The molecule has 0 radical (unpaired) electrons. The van der Waals surface area contributed by atoms with E-state index in [9.17, 15) is 9.90 Å². The minimum atomic E-state index is -0.889. The first-order valence-corrected chi connectivity index (χ1v) is 6.39. The Balaban J connectivity index is 0.00000144. The van der Waals surface area contributed by atoms with E-state index in [-0.39, 0.29) is 25.7 Å². The first-order valence-electron chi connectivity index (χ1n) is 5.44. The predicted molar refractivity (Wildman–Crippen MR) is 77.0 cm³/mol. The van der Waals surface area contributed by atoms with E-state index in [0.717, 1.165) is 31.5 Å². The van der Waals surface area contributed by atoms with E-state index in [1.165, 1.54) is 11.3 Å². The molecule has 1 aliphatic rings. The maximum Gasteiger partial charge on any atom is 0.242 e. The van der Waals surface area contributed by atoms with Gasteiger partial charge in [0.15, 0.2) is 0 Å². The summed E-state index contributed by atoms with van der Waals surface area (Å²) < 4.78 is 0. The van der Waals surface area contributed by atoms with Gasteiger partial charge in [0, 0.05) is 13.1 Å². The topological polar surface area (TPSA) is 66.6 Å². The third-order valence-corrected chi connectivity index (χ3v) is 3.63. The summed E-state index contributed by atoms with van der Waals surface area (Å²) in [4.78, 5) is 13.7. The monoisotopic (exact) mass is 292 g/mol. The Kier molecular flexibility index (Phi) is 7.47. The minimum Gasteiger partial charge on any atom is -0.386 e. The third kappa shape index (κ3) is 3.68. The summed E-state index contributed by atoms with van der Waals surface area (Å²) in [6.07, 6.45) is 1.18. The molecule has 0 aromatic carbocycles. The lowest BCUT2D eigenvalue weighted by molar-refractivity contribution is -0.134. The maximum atomic E-state index is 11.9. The SMILES string of the molecule is C.Cl.N[C@@H](C(=O)N1CCCC1)[C@@H](O)c1ccsc1. The lowest BCUT2D eigenvalue weighted by atomic mass is 10.1. The average Bonchev–Trinajstić information content (AvgIpc) is 2.97. The van der Waals surface area contributed by atoms with Gasteiger partial charge in [-0.1, -0.05) is 7.43 Å². The van der Waals surface area contributed by atoms with Gasteiger partial charge in [0.2, 0.25) is 5.91 Å². The molecule has 0 unspecified atom stereocenters. The van der Waals surface area contributed by atoms with E-state index < -0.39 is 12.1 Å². The third-order valence-electron chi connectivity index (χ3n) is 2.93. The van der Waals surface area contributed by atoms with Crippen LogP contribution in [0.3, 0.4) is 0 Å². The van der Waals surface area contributed by atoms with E-state index in [2.05, 4.69) is 0 Å². The summed E-state index contributed by atoms with van der Waals surface area (Å²) in [7, 11) is 0. The second-order valence-electron chi connectivity index (χ2n) is 4.06. The number of carbonyl (C=O) groups is 1. The molecule has 4 nitrogen and oxygen atoms in total. The van der Waals surface area contributed by atoms with Crippen molar-refractivity contribution in [3.63, 3.8) is 0 Å². The molecule has 2 heterocycles. The minimum absolute atomic E-state index is 0. The van der Waals surface area contributed by atoms with Gasteiger partial charge in [-0.2, -0.15) is 11.3 Å². The van der Waals surface area contributed by atoms with Crippen molar-refractivity contribution >= 4 is 29.7 Å². The van der Waals surface area contributed by atoms with Crippen molar-refractivity contribution in [2.75, 3.05) is 13.1 Å². The van der Waals surface area contributed by atoms with Crippen LogP contribution >= 0.6 is 23.7 Å². The molecule has 18 heavy (non-hydrogen) atoms. The zero-order valence-electron chi connectivity index (χ0n) is 9.41. The number of amides is 1. The number of hydrogen-bond donors (Lipinski definition) is 2. The van der Waals surface area contributed by atoms with Crippen LogP contribution in [0.5, 0.6) is 0 Å². The van der Waals surface area contributed by atoms with Crippen molar-refractivity contribution in [2.24, 2.45) is 5.73 Å². The number of nitrogens with two attached hydrogens (primary N) is 1. The van der Waals surface area contributed by atoms with Crippen LogP contribution in [0.15, 0.2) is 16.8 Å². The van der Waals surface area contributed by atoms with Crippen LogP contribution in [-0.2, 0) is 4.79 Å². The number of aliphatic hydroxyl groups excluding tert-OH is 1. The number of nitrogens with zero attached hydrogens (tertiary/aromatic N) is 1. The highest BCUT2D eigenvalue weighted by Gasteiger charge is 2.29. The Morgan fingerprint density at radius 2 is 2.06 bits per heavy atom. The van der Waals surface area contributed by atoms with Gasteiger partial charge in [-0.25, -0.2) is 0 Å². The Hall–Kier alpha value is -0.620. The zero-order chi connectivity index (χ0) is 11.5. The molecule has 0 saturated carbocycles. The van der Waals surface area contributed by atoms with Crippen molar-refractivity contribution in [1.29, 1.82) is 0 Å². The summed E-state index contributed by atoms with van der Waals surface area (Å²) in [6, 6.07) is 0.958. The summed E-state index contributed by atoms with van der Waals surface area (Å²) in [6.45, 7) is 1.53. The van der Waals surface area contributed by atoms with E-state index in [4.69, 9.17) is 5.73 Å². The highest BCUT2D eigenvalue weighted by molar-refractivity contribution is 7.07. The summed E-state index contributed by atoms with van der Waals surface area (Å²) in [5, 5.41) is 13.6. The Bertz CT molecular complexity index is 353. The standard InChI is InChI=1S/C11H16N2O2S.CH4.ClH/c12-9(10(14)8-3-6-16-7-8)11(15)13-4-1-2-5-13;;/h3,6-7,9-10,14H,1-2,4-5,12H2;1H4;1H/t9-,10+;;/m1../s1. The van der Waals surface area contributed by atoms with Gasteiger partial charge in [0.05, 0.1) is 0 Å². The van der Waals surface area contributed by atoms with Crippen molar-refractivity contribution in [3.8, 4) is 0 Å². The molecule has 3 N–H and O–H groups in total. The molecule has 2 rings (SSSR count). The molecule has 1 aromatic heterocycles. The lowest BCUT2D eigenvalue weighted by Crippen LogP contribution is -2.45. The van der Waals surface area contributed by atoms with Gasteiger partial charge in [0.25, 0.3) is 0 Å². The van der Waals surface area contributed by atoms with Gasteiger partial charge in [0.1, 0.15) is 12.1 Å². The highest BCUT2D eigenvalue weighted by atomic mass is 35.5. The number of carbonyl (C=O) groups excluding carboxylic acids is 1. The van der Waals surface area contributed by atoms with Crippen LogP contribution in [0, 0.1) is 0 Å². The fourth-order valence-corrected chi connectivity index (χ4v) is 2.62. The molecule has 1 aromatic rings. The number of rotatable bonds is 3. The average molecular weight is 293 g/mol. The van der Waals surface area contributed by atoms with Gasteiger partial charge in [-0.05, 0) is 35.2 Å². The van der Waals surface area contributed by atoms with Crippen LogP contribution in [0.2, 0.25) is 0 Å². The summed E-state index contributed by atoms with van der Waals surface area (Å²) >= 11 is 1.49. The first kappa shape index (κ1) is 17.4. The largest absolute Gasteiger partial charge is 0.386 e. The molecule has 1 fully saturated rings. The fourth-order valence-electron chi connectivity index (χ4n) is 1.93. The second-order valence-corrected chi connectivity index (χ2v) is 4.84. The zero-order valence-corrected chi connectivity index (χ0v) is 11.0. The first-order chi connectivity index (χ1) is 7.70. The van der Waals surface area contributed by atoms with Crippen molar-refractivity contribution in [3.05, 3.63) is 22.4 Å². The molecule has 0 aliphatic carbocycles. The smallest absolute Gasteiger partial charge is 0.242 e. The summed E-state index contributed by atoms with van der Waals surface area (Å²) in [5.41, 5.74) is 6.52. The number of hydrogen-bond acceptors (Lipinski definition) is 4. The van der Waals surface area contributed by atoms with Crippen LogP contribution in [0.4, 0.5) is 0 Å². The molecule has 1 saturated heterocycles. The molecule has 0 bridgehead atoms. The summed E-state index contributed by atoms with van der Waals surface area (Å²) in [5.74, 6) is -0.142. The van der Waals surface area contributed by atoms with Crippen LogP contribution in [0.1, 0.15) is 31.9 Å². The molecule has 1 amide bonds. The molecule has 1 aliphatic heterocycles. The Morgan fingerprint density at radius 1 is 1.44 bits per heavy atom. The molecular formula is C12H21ClN2O2S. The maximum absolute atomic E-state index is 11.9. The number of likely N-dealkylation sites (tertiary alicyclic amines) is 1. The van der Waals surface area contributed by atoms with Crippen molar-refractivity contribution < 1.29 is 9.90 Å². The van der Waals surface area contributed by atoms with Gasteiger partial charge in [-0.3, -0.25) is 4.79 Å². The van der Waals surface area contributed by atoms with Crippen molar-refractivity contribution in [1.82, 2.24) is 4.90 Å². The van der Waals surface area contributed by atoms with Crippen molar-refractivity contribution in [2.45, 2.75) is 32.4 Å². The van der Waals surface area contributed by atoms with E-state index in [1.54, 1.807) is 11.0 Å². The van der Waals surface area contributed by atoms with E-state index in [1.807, 2.05) is 10.8 Å². The number of aliphatic hydroxyl groups is 1. The lowest BCUT2D eigenvalue weighted by Gasteiger charge is -2.23. The highest BCUT2D eigenvalue weighted by Crippen LogP contribution is 2.20. The molecule has 0 spiro atoms. The van der Waals surface area contributed by atoms with Crippen LogP contribution in [-0.4, -0.2) is 35.0 Å². The second kappa shape index (κ2) is 7.74. The molecule has 2 atom stereocenters. The number of thiophene rings is 1. The van der Waals surface area contributed by atoms with Gasteiger partial charge >= 0.3 is 0 Å². The molecule has 6 heteroatoms. The number of halogens is 1. The Labute approximate surface area is 118 Å². The van der Waals surface area contributed by atoms with Crippen LogP contribution in [0.25, 0.3) is 0 Å². The Morgan fingerprint density at radius 3 is 2.56 bits per heavy atom. The quantitative estimate of drug-likeness (QED) is 0.892. The van der Waals surface area contributed by atoms with Gasteiger partial charge < -0.3 is 15.7 Å². The molecular weight excluding hydrogens is 272 g/mol. The fraction of sp³-hybridized carbons (Fsp3) is 0.583. The van der Waals surface area contributed by atoms with E-state index >= 15 is 0 Å².